The first-order chi connectivity index (χ1) is 7.55. The van der Waals surface area contributed by atoms with Crippen molar-refractivity contribution in [1.82, 2.24) is 0 Å². The molecule has 86 valence electrons. The molecule has 2 fully saturated rings. The van der Waals surface area contributed by atoms with Crippen molar-refractivity contribution >= 4 is 23.9 Å². The molecule has 0 saturated carbocycles. The Kier molecular flexibility index (Phi) is 2.29. The van der Waals surface area contributed by atoms with Gasteiger partial charge in [-0.25, -0.2) is 14.4 Å². The second-order valence-electron chi connectivity index (χ2n) is 3.89. The summed E-state index contributed by atoms with van der Waals surface area (Å²) in [5.74, 6) is -4.82. The minimum absolute atomic E-state index is 0.280. The van der Waals surface area contributed by atoms with Gasteiger partial charge in [0.15, 0.2) is 0 Å². The first-order valence-corrected chi connectivity index (χ1v) is 5.08. The topological polar surface area (TPSA) is 86.7 Å². The highest BCUT2D eigenvalue weighted by molar-refractivity contribution is 6.32. The zero-order valence-corrected chi connectivity index (χ0v) is 8.65. The highest BCUT2D eigenvalue weighted by Crippen LogP contribution is 2.47. The molecule has 6 nitrogen and oxygen atoms in total. The van der Waals surface area contributed by atoms with E-state index >= 15 is 0 Å². The SMILES string of the molecule is CCCCC1C(=O)OC(=O)C12C(=O)OC2=O. The zero-order chi connectivity index (χ0) is 11.9. The number of rotatable bonds is 3. The predicted octanol–water partition coefficient (Wildman–Crippen LogP) is -0.0540. The van der Waals surface area contributed by atoms with Crippen molar-refractivity contribution in [2.24, 2.45) is 11.3 Å². The Labute approximate surface area is 90.9 Å². The molecule has 0 amide bonds. The molecule has 2 aliphatic rings. The first-order valence-electron chi connectivity index (χ1n) is 5.08. The van der Waals surface area contributed by atoms with E-state index < -0.39 is 35.2 Å². The molecule has 0 aromatic rings. The van der Waals surface area contributed by atoms with Crippen molar-refractivity contribution in [2.45, 2.75) is 26.2 Å². The average Bonchev–Trinajstić information content (AvgIpc) is 2.49. The van der Waals surface area contributed by atoms with Gasteiger partial charge in [0.25, 0.3) is 5.41 Å². The van der Waals surface area contributed by atoms with Gasteiger partial charge in [0, 0.05) is 0 Å². The van der Waals surface area contributed by atoms with Crippen molar-refractivity contribution < 1.29 is 28.7 Å². The van der Waals surface area contributed by atoms with E-state index in [1.807, 2.05) is 6.92 Å². The molecular weight excluding hydrogens is 216 g/mol. The Hall–Kier alpha value is -1.72. The molecule has 2 rings (SSSR count). The van der Waals surface area contributed by atoms with Gasteiger partial charge in [-0.15, -0.1) is 0 Å². The van der Waals surface area contributed by atoms with Crippen LogP contribution in [0.3, 0.4) is 0 Å². The summed E-state index contributed by atoms with van der Waals surface area (Å²) in [6.07, 6.45) is 1.70. The molecule has 0 N–H and O–H groups in total. The van der Waals surface area contributed by atoms with Crippen molar-refractivity contribution in [2.75, 3.05) is 0 Å². The fourth-order valence-electron chi connectivity index (χ4n) is 2.04. The number of hydrogen-bond acceptors (Lipinski definition) is 6. The molecule has 1 atom stereocenters. The van der Waals surface area contributed by atoms with Crippen LogP contribution < -0.4 is 0 Å². The largest absolute Gasteiger partial charge is 0.392 e. The fourth-order valence-corrected chi connectivity index (χ4v) is 2.04. The van der Waals surface area contributed by atoms with Crippen LogP contribution in [0.5, 0.6) is 0 Å². The van der Waals surface area contributed by atoms with E-state index in [2.05, 4.69) is 9.47 Å². The molecule has 0 aliphatic carbocycles. The Morgan fingerprint density at radius 1 is 1.06 bits per heavy atom. The maximum absolute atomic E-state index is 11.4. The summed E-state index contributed by atoms with van der Waals surface area (Å²) >= 11 is 0. The molecule has 0 bridgehead atoms. The Balaban J connectivity index is 2.33. The van der Waals surface area contributed by atoms with Crippen LogP contribution in [0.2, 0.25) is 0 Å². The van der Waals surface area contributed by atoms with Crippen LogP contribution in [0, 0.1) is 11.3 Å². The molecule has 6 heteroatoms. The summed E-state index contributed by atoms with van der Waals surface area (Å²) in [6.45, 7) is 1.90. The molecule has 1 unspecified atom stereocenters. The van der Waals surface area contributed by atoms with Gasteiger partial charge in [-0.1, -0.05) is 19.8 Å². The lowest BCUT2D eigenvalue weighted by Crippen LogP contribution is -2.60. The van der Waals surface area contributed by atoms with Crippen LogP contribution in [-0.2, 0) is 28.7 Å². The van der Waals surface area contributed by atoms with Gasteiger partial charge >= 0.3 is 23.9 Å². The highest BCUT2D eigenvalue weighted by Gasteiger charge is 2.76. The van der Waals surface area contributed by atoms with Crippen LogP contribution in [0.4, 0.5) is 0 Å². The van der Waals surface area contributed by atoms with Crippen LogP contribution in [0.25, 0.3) is 0 Å². The quantitative estimate of drug-likeness (QED) is 0.495. The maximum atomic E-state index is 11.4. The third-order valence-corrected chi connectivity index (χ3v) is 3.00. The third-order valence-electron chi connectivity index (χ3n) is 3.00. The second-order valence-corrected chi connectivity index (χ2v) is 3.89. The van der Waals surface area contributed by atoms with Crippen molar-refractivity contribution in [3.05, 3.63) is 0 Å². The number of unbranched alkanes of at least 4 members (excludes halogenated alkanes) is 1. The van der Waals surface area contributed by atoms with E-state index in [0.717, 1.165) is 6.42 Å². The standard InChI is InChI=1S/C10H10O6/c1-2-3-4-5-6(11)15-7(12)10(5)8(13)16-9(10)14/h5H,2-4H2,1H3. The lowest BCUT2D eigenvalue weighted by Gasteiger charge is -2.31. The molecule has 2 aliphatic heterocycles. The zero-order valence-electron chi connectivity index (χ0n) is 8.65. The van der Waals surface area contributed by atoms with Gasteiger partial charge in [0.2, 0.25) is 0 Å². The van der Waals surface area contributed by atoms with Crippen LogP contribution in [0.15, 0.2) is 0 Å². The molecule has 0 radical (unpaired) electrons. The van der Waals surface area contributed by atoms with E-state index in [-0.39, 0.29) is 6.42 Å². The lowest BCUT2D eigenvalue weighted by molar-refractivity contribution is -0.201. The van der Waals surface area contributed by atoms with Gasteiger partial charge in [0.05, 0.1) is 5.92 Å². The van der Waals surface area contributed by atoms with Crippen molar-refractivity contribution in [3.63, 3.8) is 0 Å². The summed E-state index contributed by atoms with van der Waals surface area (Å²) in [4.78, 5) is 45.4. The maximum Gasteiger partial charge on any atom is 0.343 e. The average molecular weight is 226 g/mol. The Morgan fingerprint density at radius 2 is 1.62 bits per heavy atom. The molecule has 0 aromatic heterocycles. The van der Waals surface area contributed by atoms with E-state index in [1.54, 1.807) is 0 Å². The van der Waals surface area contributed by atoms with Crippen molar-refractivity contribution in [1.29, 1.82) is 0 Å². The molecule has 0 aromatic carbocycles. The minimum atomic E-state index is -1.98. The molecule has 2 saturated heterocycles. The monoisotopic (exact) mass is 226 g/mol. The number of carbonyl (C=O) groups excluding carboxylic acids is 4. The summed E-state index contributed by atoms with van der Waals surface area (Å²) in [7, 11) is 0. The summed E-state index contributed by atoms with van der Waals surface area (Å²) in [5, 5.41) is 0. The van der Waals surface area contributed by atoms with Gasteiger partial charge in [-0.2, -0.15) is 0 Å². The van der Waals surface area contributed by atoms with Crippen LogP contribution >= 0.6 is 0 Å². The third kappa shape index (κ3) is 1.07. The summed E-state index contributed by atoms with van der Waals surface area (Å²) in [5.41, 5.74) is -1.98. The number of carbonyl (C=O) groups is 4. The van der Waals surface area contributed by atoms with E-state index in [4.69, 9.17) is 0 Å². The molecular formula is C10H10O6. The van der Waals surface area contributed by atoms with Gasteiger partial charge < -0.3 is 9.47 Å². The Bertz CT molecular complexity index is 382. The fraction of sp³-hybridized carbons (Fsp3) is 0.600. The molecule has 16 heavy (non-hydrogen) atoms. The van der Waals surface area contributed by atoms with E-state index in [0.29, 0.717) is 6.42 Å². The summed E-state index contributed by atoms with van der Waals surface area (Å²) in [6, 6.07) is 0. The van der Waals surface area contributed by atoms with Crippen LogP contribution in [0.1, 0.15) is 26.2 Å². The van der Waals surface area contributed by atoms with E-state index in [1.165, 1.54) is 0 Å². The minimum Gasteiger partial charge on any atom is -0.392 e. The number of cyclic esters (lactones) is 4. The molecule has 2 heterocycles. The normalized spacial score (nSPS) is 26.7. The lowest BCUT2D eigenvalue weighted by atomic mass is 9.72. The Morgan fingerprint density at radius 3 is 2.12 bits per heavy atom. The second kappa shape index (κ2) is 3.40. The van der Waals surface area contributed by atoms with Crippen LogP contribution in [-0.4, -0.2) is 23.9 Å². The molecule has 1 spiro atoms. The number of esters is 4. The predicted molar refractivity (Wildman–Crippen MR) is 47.6 cm³/mol. The van der Waals surface area contributed by atoms with Gasteiger partial charge in [0.1, 0.15) is 0 Å². The number of hydrogen-bond donors (Lipinski definition) is 0. The summed E-state index contributed by atoms with van der Waals surface area (Å²) < 4.78 is 8.54. The number of ether oxygens (including phenoxy) is 2. The van der Waals surface area contributed by atoms with E-state index in [9.17, 15) is 19.2 Å². The van der Waals surface area contributed by atoms with Gasteiger partial charge in [-0.05, 0) is 6.42 Å². The highest BCUT2D eigenvalue weighted by atomic mass is 16.6. The first kappa shape index (κ1) is 10.8. The smallest absolute Gasteiger partial charge is 0.343 e. The van der Waals surface area contributed by atoms with Gasteiger partial charge in [-0.3, -0.25) is 4.79 Å². The van der Waals surface area contributed by atoms with Crippen molar-refractivity contribution in [3.8, 4) is 0 Å².